The fourth-order valence-corrected chi connectivity index (χ4v) is 2.96. The highest BCUT2D eigenvalue weighted by atomic mass is 35.5. The van der Waals surface area contributed by atoms with Gasteiger partial charge in [-0.15, -0.1) is 12.4 Å². The second-order valence-electron chi connectivity index (χ2n) is 5.85. The van der Waals surface area contributed by atoms with E-state index in [-0.39, 0.29) is 18.3 Å². The number of carbonyl (C=O) groups excluding carboxylic acids is 1. The van der Waals surface area contributed by atoms with Gasteiger partial charge >= 0.3 is 0 Å². The Hall–Kier alpha value is -1.98. The average Bonchev–Trinajstić information content (AvgIpc) is 3.04. The van der Waals surface area contributed by atoms with Gasteiger partial charge in [-0.1, -0.05) is 18.2 Å². The summed E-state index contributed by atoms with van der Waals surface area (Å²) in [6.45, 7) is 2.49. The van der Waals surface area contributed by atoms with E-state index in [1.165, 1.54) is 0 Å². The van der Waals surface area contributed by atoms with Gasteiger partial charge in [-0.05, 0) is 50.6 Å². The molecular formula is C18H23ClN2O3. The lowest BCUT2D eigenvalue weighted by Crippen LogP contribution is -2.42. The average molecular weight is 351 g/mol. The molecule has 1 unspecified atom stereocenters. The molecule has 1 amide bonds. The van der Waals surface area contributed by atoms with Crippen LogP contribution < -0.4 is 10.1 Å². The first-order chi connectivity index (χ1) is 11.3. The number of piperidine rings is 1. The molecule has 1 aliphatic heterocycles. The fourth-order valence-electron chi connectivity index (χ4n) is 2.96. The zero-order chi connectivity index (χ0) is 16.1. The summed E-state index contributed by atoms with van der Waals surface area (Å²) in [7, 11) is 1.94. The van der Waals surface area contributed by atoms with Crippen molar-refractivity contribution in [1.29, 1.82) is 0 Å². The number of halogens is 1. The van der Waals surface area contributed by atoms with Crippen LogP contribution in [0.5, 0.6) is 11.7 Å². The van der Waals surface area contributed by atoms with Crippen LogP contribution in [0.25, 0.3) is 0 Å². The van der Waals surface area contributed by atoms with Crippen molar-refractivity contribution >= 4 is 18.3 Å². The lowest BCUT2D eigenvalue weighted by atomic mass is 9.98. The molecule has 0 saturated carbocycles. The summed E-state index contributed by atoms with van der Waals surface area (Å²) in [6.07, 6.45) is 2.19. The van der Waals surface area contributed by atoms with Gasteiger partial charge in [0.15, 0.2) is 5.76 Å². The molecule has 1 N–H and O–H groups in total. The largest absolute Gasteiger partial charge is 0.426 e. The van der Waals surface area contributed by atoms with E-state index in [9.17, 15) is 4.79 Å². The highest BCUT2D eigenvalue weighted by molar-refractivity contribution is 5.91. The van der Waals surface area contributed by atoms with Crippen molar-refractivity contribution in [2.75, 3.05) is 26.7 Å². The molecule has 1 fully saturated rings. The van der Waals surface area contributed by atoms with Crippen LogP contribution in [0.2, 0.25) is 0 Å². The molecule has 1 aromatic heterocycles. The molecule has 1 saturated heterocycles. The van der Waals surface area contributed by atoms with Crippen molar-refractivity contribution < 1.29 is 13.9 Å². The van der Waals surface area contributed by atoms with E-state index < -0.39 is 0 Å². The van der Waals surface area contributed by atoms with Crippen LogP contribution in [0.3, 0.4) is 0 Å². The number of ether oxygens (including phenoxy) is 1. The maximum Gasteiger partial charge on any atom is 0.290 e. The minimum Gasteiger partial charge on any atom is -0.426 e. The van der Waals surface area contributed by atoms with Crippen molar-refractivity contribution in [3.05, 3.63) is 48.2 Å². The number of likely N-dealkylation sites (tertiary alicyclic amines) is 1. The lowest BCUT2D eigenvalue weighted by molar-refractivity contribution is 0.0637. The zero-order valence-corrected chi connectivity index (χ0v) is 14.6. The van der Waals surface area contributed by atoms with Gasteiger partial charge in [-0.3, -0.25) is 4.79 Å². The van der Waals surface area contributed by atoms with E-state index in [2.05, 4.69) is 5.32 Å². The Morgan fingerprint density at radius 2 is 2.08 bits per heavy atom. The number of furan rings is 1. The molecule has 3 rings (SSSR count). The van der Waals surface area contributed by atoms with E-state index in [1.54, 1.807) is 12.1 Å². The molecular weight excluding hydrogens is 328 g/mol. The van der Waals surface area contributed by atoms with Gasteiger partial charge in [0.2, 0.25) is 0 Å². The quantitative estimate of drug-likeness (QED) is 0.895. The van der Waals surface area contributed by atoms with Gasteiger partial charge in [0.1, 0.15) is 5.75 Å². The maximum absolute atomic E-state index is 12.6. The van der Waals surface area contributed by atoms with E-state index in [0.29, 0.717) is 23.4 Å². The van der Waals surface area contributed by atoms with Crippen LogP contribution in [-0.2, 0) is 0 Å². The third-order valence-corrected chi connectivity index (χ3v) is 4.05. The predicted molar refractivity (Wildman–Crippen MR) is 95.0 cm³/mol. The summed E-state index contributed by atoms with van der Waals surface area (Å²) in [5.41, 5.74) is 0. The summed E-state index contributed by atoms with van der Waals surface area (Å²) in [6, 6.07) is 12.8. The molecule has 24 heavy (non-hydrogen) atoms. The molecule has 0 bridgehead atoms. The summed E-state index contributed by atoms with van der Waals surface area (Å²) >= 11 is 0. The van der Waals surface area contributed by atoms with Crippen molar-refractivity contribution in [3.8, 4) is 11.7 Å². The Kier molecular flexibility index (Phi) is 6.70. The molecule has 1 aliphatic rings. The number of nitrogens with one attached hydrogen (secondary N) is 1. The first-order valence-corrected chi connectivity index (χ1v) is 8.03. The number of para-hydroxylation sites is 1. The number of hydrogen-bond acceptors (Lipinski definition) is 4. The Labute approximate surface area is 148 Å². The number of hydrogen-bond donors (Lipinski definition) is 1. The first kappa shape index (κ1) is 18.4. The van der Waals surface area contributed by atoms with Gasteiger partial charge in [0.05, 0.1) is 0 Å². The minimum absolute atomic E-state index is 0. The smallest absolute Gasteiger partial charge is 0.290 e. The predicted octanol–water partition coefficient (Wildman–Crippen LogP) is 3.57. The van der Waals surface area contributed by atoms with Crippen LogP contribution >= 0.6 is 12.4 Å². The third kappa shape index (κ3) is 4.52. The molecule has 2 aromatic rings. The normalized spacial score (nSPS) is 17.2. The number of carbonyl (C=O) groups is 1. The maximum atomic E-state index is 12.6. The van der Waals surface area contributed by atoms with E-state index in [0.717, 1.165) is 32.5 Å². The number of rotatable bonds is 5. The minimum atomic E-state index is -0.0614. The molecule has 6 heteroatoms. The fraction of sp³-hybridized carbons (Fsp3) is 0.389. The monoisotopic (exact) mass is 350 g/mol. The Balaban J connectivity index is 0.00000208. The first-order valence-electron chi connectivity index (χ1n) is 8.03. The molecule has 0 aliphatic carbocycles. The number of benzene rings is 1. The molecule has 2 heterocycles. The van der Waals surface area contributed by atoms with Gasteiger partial charge in [-0.25, -0.2) is 0 Å². The van der Waals surface area contributed by atoms with Crippen LogP contribution in [-0.4, -0.2) is 37.5 Å². The van der Waals surface area contributed by atoms with E-state index in [1.807, 2.05) is 42.3 Å². The SMILES string of the molecule is CNCC1CCCN(C(=O)c2ccc(Oc3ccccc3)o2)C1.Cl. The van der Waals surface area contributed by atoms with Crippen molar-refractivity contribution in [1.82, 2.24) is 10.2 Å². The molecule has 5 nitrogen and oxygen atoms in total. The third-order valence-electron chi connectivity index (χ3n) is 4.05. The topological polar surface area (TPSA) is 54.7 Å². The molecule has 1 atom stereocenters. The highest BCUT2D eigenvalue weighted by Crippen LogP contribution is 2.25. The Bertz CT molecular complexity index is 643. The van der Waals surface area contributed by atoms with Gasteiger partial charge in [-0.2, -0.15) is 0 Å². The highest BCUT2D eigenvalue weighted by Gasteiger charge is 2.26. The van der Waals surface area contributed by atoms with Crippen LogP contribution in [0.1, 0.15) is 23.4 Å². The zero-order valence-electron chi connectivity index (χ0n) is 13.7. The van der Waals surface area contributed by atoms with Gasteiger partial charge < -0.3 is 19.4 Å². The molecule has 1 aromatic carbocycles. The van der Waals surface area contributed by atoms with E-state index >= 15 is 0 Å². The second kappa shape index (κ2) is 8.76. The second-order valence-corrected chi connectivity index (χ2v) is 5.85. The lowest BCUT2D eigenvalue weighted by Gasteiger charge is -2.32. The summed E-state index contributed by atoms with van der Waals surface area (Å²) < 4.78 is 11.2. The van der Waals surface area contributed by atoms with E-state index in [4.69, 9.17) is 9.15 Å². The van der Waals surface area contributed by atoms with Crippen molar-refractivity contribution in [2.24, 2.45) is 5.92 Å². The van der Waals surface area contributed by atoms with Crippen LogP contribution in [0.15, 0.2) is 46.9 Å². The Morgan fingerprint density at radius 3 is 2.83 bits per heavy atom. The van der Waals surface area contributed by atoms with Crippen molar-refractivity contribution in [2.45, 2.75) is 12.8 Å². The number of amides is 1. The Morgan fingerprint density at radius 1 is 1.29 bits per heavy atom. The van der Waals surface area contributed by atoms with Gasteiger partial charge in [0.25, 0.3) is 11.9 Å². The number of nitrogens with zero attached hydrogens (tertiary/aromatic N) is 1. The van der Waals surface area contributed by atoms with Crippen LogP contribution in [0, 0.1) is 5.92 Å². The molecule has 0 radical (unpaired) electrons. The van der Waals surface area contributed by atoms with Gasteiger partial charge in [0, 0.05) is 19.2 Å². The van der Waals surface area contributed by atoms with Crippen molar-refractivity contribution in [3.63, 3.8) is 0 Å². The summed E-state index contributed by atoms with van der Waals surface area (Å²) in [4.78, 5) is 14.4. The summed E-state index contributed by atoms with van der Waals surface area (Å²) in [5, 5.41) is 3.19. The molecule has 0 spiro atoms. The van der Waals surface area contributed by atoms with Crippen LogP contribution in [0.4, 0.5) is 0 Å². The molecule has 130 valence electrons. The summed E-state index contributed by atoms with van der Waals surface area (Å²) in [5.74, 6) is 1.80. The standard InChI is InChI=1S/C18H22N2O3.ClH/c1-19-12-14-6-5-11-20(13-14)18(21)16-9-10-17(23-16)22-15-7-3-2-4-8-15;/h2-4,7-10,14,19H,5-6,11-13H2,1H3;1H.